The molecule has 1 atom stereocenters. The molecular weight excluding hydrogens is 560 g/mol. The lowest BCUT2D eigenvalue weighted by molar-refractivity contribution is -0.137. The van der Waals surface area contributed by atoms with E-state index in [2.05, 4.69) is 5.32 Å². The third-order valence-electron chi connectivity index (χ3n) is 5.47. The highest BCUT2D eigenvalue weighted by Crippen LogP contribution is 2.35. The van der Waals surface area contributed by atoms with Crippen LogP contribution >= 0.6 is 34.5 Å². The molecule has 13 heteroatoms. The molecule has 2 heterocycles. The van der Waals surface area contributed by atoms with E-state index in [1.165, 1.54) is 40.7 Å². The highest BCUT2D eigenvalue weighted by atomic mass is 35.5. The summed E-state index contributed by atoms with van der Waals surface area (Å²) in [4.78, 5) is 12.8. The number of hydrogen-bond donors (Lipinski definition) is 1. The molecule has 6 nitrogen and oxygen atoms in total. The van der Waals surface area contributed by atoms with Crippen molar-refractivity contribution >= 4 is 50.5 Å². The first kappa shape index (κ1) is 26.7. The molecule has 1 saturated heterocycles. The van der Waals surface area contributed by atoms with Crippen molar-refractivity contribution in [1.82, 2.24) is 9.62 Å². The lowest BCUT2D eigenvalue weighted by atomic mass is 10.2. The van der Waals surface area contributed by atoms with Crippen LogP contribution in [0.3, 0.4) is 0 Å². The smallest absolute Gasteiger partial charge is 0.416 e. The summed E-state index contributed by atoms with van der Waals surface area (Å²) in [5.74, 6) is -0.324. The van der Waals surface area contributed by atoms with Gasteiger partial charge in [-0.25, -0.2) is 8.42 Å². The minimum atomic E-state index is -4.50. The SMILES string of the molecule is O=C(NCc1ccc(Oc2cccc(C(F)(F)F)c2)c(Cl)c1)[C@@H]1CCCN1S(=O)(=O)c1ccc(Cl)s1. The summed E-state index contributed by atoms with van der Waals surface area (Å²) in [6.45, 7) is 0.293. The third kappa shape index (κ3) is 5.97. The minimum absolute atomic E-state index is 0.0256. The van der Waals surface area contributed by atoms with Gasteiger partial charge in [0.2, 0.25) is 5.91 Å². The maximum Gasteiger partial charge on any atom is 0.416 e. The summed E-state index contributed by atoms with van der Waals surface area (Å²) < 4.78 is 71.8. The number of carbonyl (C=O) groups excluding carboxylic acids is 1. The van der Waals surface area contributed by atoms with Crippen molar-refractivity contribution < 1.29 is 31.1 Å². The molecule has 1 aromatic heterocycles. The van der Waals surface area contributed by atoms with Gasteiger partial charge in [-0.1, -0.05) is 35.3 Å². The van der Waals surface area contributed by atoms with E-state index in [-0.39, 0.29) is 33.8 Å². The Balaban J connectivity index is 1.40. The highest BCUT2D eigenvalue weighted by molar-refractivity contribution is 7.91. The molecule has 0 bridgehead atoms. The van der Waals surface area contributed by atoms with Crippen molar-refractivity contribution in [3.63, 3.8) is 0 Å². The zero-order chi connectivity index (χ0) is 26.1. The lowest BCUT2D eigenvalue weighted by Crippen LogP contribution is -2.45. The number of carbonyl (C=O) groups is 1. The van der Waals surface area contributed by atoms with E-state index in [1.54, 1.807) is 6.07 Å². The van der Waals surface area contributed by atoms with Gasteiger partial charge in [-0.3, -0.25) is 4.79 Å². The Morgan fingerprint density at radius 2 is 1.92 bits per heavy atom. The molecule has 1 amide bonds. The lowest BCUT2D eigenvalue weighted by Gasteiger charge is -2.22. The van der Waals surface area contributed by atoms with Crippen molar-refractivity contribution in [2.75, 3.05) is 6.54 Å². The molecule has 1 fully saturated rings. The maximum absolute atomic E-state index is 12.9. The monoisotopic (exact) mass is 578 g/mol. The van der Waals surface area contributed by atoms with Crippen molar-refractivity contribution in [3.8, 4) is 11.5 Å². The zero-order valence-electron chi connectivity index (χ0n) is 18.4. The fourth-order valence-corrected chi connectivity index (χ4v) is 7.26. The molecule has 1 aliphatic rings. The average Bonchev–Trinajstić information content (AvgIpc) is 3.49. The van der Waals surface area contributed by atoms with Gasteiger partial charge in [-0.15, -0.1) is 11.3 Å². The van der Waals surface area contributed by atoms with Crippen LogP contribution in [0.25, 0.3) is 0 Å². The molecule has 36 heavy (non-hydrogen) atoms. The molecule has 0 spiro atoms. The second kappa shape index (κ2) is 10.6. The molecule has 0 radical (unpaired) electrons. The normalized spacial score (nSPS) is 16.8. The van der Waals surface area contributed by atoms with Gasteiger partial charge in [-0.2, -0.15) is 17.5 Å². The number of hydrogen-bond acceptors (Lipinski definition) is 5. The average molecular weight is 579 g/mol. The molecule has 0 aliphatic carbocycles. The fraction of sp³-hybridized carbons (Fsp3) is 0.261. The number of benzene rings is 2. The summed E-state index contributed by atoms with van der Waals surface area (Å²) in [5, 5.41) is 2.87. The van der Waals surface area contributed by atoms with Crippen LogP contribution in [0.1, 0.15) is 24.0 Å². The Labute approximate surface area is 219 Å². The quantitative estimate of drug-likeness (QED) is 0.355. The predicted molar refractivity (Wildman–Crippen MR) is 131 cm³/mol. The number of alkyl halides is 3. The number of rotatable bonds is 7. The molecule has 1 N–H and O–H groups in total. The van der Waals surface area contributed by atoms with Crippen LogP contribution in [-0.4, -0.2) is 31.2 Å². The maximum atomic E-state index is 12.9. The molecule has 1 aliphatic heterocycles. The molecule has 4 rings (SSSR count). The summed E-state index contributed by atoms with van der Waals surface area (Å²) >= 11 is 13.1. The molecular formula is C23H19Cl2F3N2O4S2. The van der Waals surface area contributed by atoms with E-state index < -0.39 is 33.7 Å². The van der Waals surface area contributed by atoms with Crippen molar-refractivity contribution in [1.29, 1.82) is 0 Å². The summed E-state index contributed by atoms with van der Waals surface area (Å²) in [6, 6.07) is 11.1. The van der Waals surface area contributed by atoms with Crippen molar-refractivity contribution in [2.45, 2.75) is 35.8 Å². The molecule has 0 unspecified atom stereocenters. The van der Waals surface area contributed by atoms with Crippen LogP contribution in [-0.2, 0) is 27.5 Å². The van der Waals surface area contributed by atoms with Crippen molar-refractivity contribution in [2.24, 2.45) is 0 Å². The molecule has 192 valence electrons. The van der Waals surface area contributed by atoms with Gasteiger partial charge in [0.25, 0.3) is 10.0 Å². The van der Waals surface area contributed by atoms with Gasteiger partial charge >= 0.3 is 6.18 Å². The van der Waals surface area contributed by atoms with Crippen molar-refractivity contribution in [3.05, 3.63) is 75.1 Å². The van der Waals surface area contributed by atoms with Gasteiger partial charge in [0.05, 0.1) is 14.9 Å². The fourth-order valence-electron chi connectivity index (χ4n) is 3.75. The Morgan fingerprint density at radius 3 is 2.58 bits per heavy atom. The highest BCUT2D eigenvalue weighted by Gasteiger charge is 2.40. The Bertz CT molecular complexity index is 1380. The summed E-state index contributed by atoms with van der Waals surface area (Å²) in [6.07, 6.45) is -3.57. The first-order valence-electron chi connectivity index (χ1n) is 10.6. The predicted octanol–water partition coefficient (Wildman–Crippen LogP) is 6.34. The number of sulfonamides is 1. The van der Waals surface area contributed by atoms with Crippen LogP contribution in [0.2, 0.25) is 9.36 Å². The largest absolute Gasteiger partial charge is 0.456 e. The summed E-state index contributed by atoms with van der Waals surface area (Å²) in [5.41, 5.74) is -0.247. The van der Waals surface area contributed by atoms with E-state index in [1.807, 2.05) is 0 Å². The number of nitrogens with one attached hydrogen (secondary N) is 1. The first-order chi connectivity index (χ1) is 16.9. The Hall–Kier alpha value is -2.31. The minimum Gasteiger partial charge on any atom is -0.456 e. The number of amides is 1. The van der Waals surface area contributed by atoms with E-state index in [4.69, 9.17) is 27.9 Å². The van der Waals surface area contributed by atoms with E-state index in [9.17, 15) is 26.4 Å². The number of nitrogens with zero attached hydrogens (tertiary/aromatic N) is 1. The van der Waals surface area contributed by atoms with Crippen LogP contribution in [0.4, 0.5) is 13.2 Å². The van der Waals surface area contributed by atoms with Crippen LogP contribution in [0, 0.1) is 0 Å². The van der Waals surface area contributed by atoms with Gasteiger partial charge < -0.3 is 10.1 Å². The molecule has 0 saturated carbocycles. The van der Waals surface area contributed by atoms with Crippen LogP contribution in [0.5, 0.6) is 11.5 Å². The molecule has 2 aromatic carbocycles. The molecule has 3 aromatic rings. The summed E-state index contributed by atoms with van der Waals surface area (Å²) in [7, 11) is -3.85. The Kier molecular flexibility index (Phi) is 7.86. The first-order valence-corrected chi connectivity index (χ1v) is 13.6. The third-order valence-corrected chi connectivity index (χ3v) is 9.37. The van der Waals surface area contributed by atoms with E-state index >= 15 is 0 Å². The number of ether oxygens (including phenoxy) is 1. The van der Waals surface area contributed by atoms with E-state index in [0.29, 0.717) is 22.7 Å². The van der Waals surface area contributed by atoms with Crippen LogP contribution in [0.15, 0.2) is 58.8 Å². The van der Waals surface area contributed by atoms with Gasteiger partial charge in [0, 0.05) is 13.1 Å². The van der Waals surface area contributed by atoms with Gasteiger partial charge in [0.1, 0.15) is 21.8 Å². The standard InChI is InChI=1S/C23H19Cl2F3N2O4S2/c24-17-11-14(6-7-19(17)34-16-4-1-3-15(12-16)23(26,27)28)13-29-22(31)18-5-2-10-30(18)36(32,33)21-9-8-20(25)35-21/h1,3-4,6-9,11-12,18H,2,5,10,13H2,(H,29,31)/t18-/m0/s1. The van der Waals surface area contributed by atoms with Crippen LogP contribution < -0.4 is 10.1 Å². The van der Waals surface area contributed by atoms with Gasteiger partial charge in [-0.05, 0) is 60.9 Å². The van der Waals surface area contributed by atoms with E-state index in [0.717, 1.165) is 23.5 Å². The Morgan fingerprint density at radius 1 is 1.14 bits per heavy atom. The zero-order valence-corrected chi connectivity index (χ0v) is 21.5. The number of thiophene rings is 1. The number of halogens is 5. The second-order valence-electron chi connectivity index (χ2n) is 7.94. The second-order valence-corrected chi connectivity index (χ2v) is 12.2. The topological polar surface area (TPSA) is 75.7 Å². The van der Waals surface area contributed by atoms with Gasteiger partial charge in [0.15, 0.2) is 0 Å².